The zero-order valence-electron chi connectivity index (χ0n) is 8.74. The van der Waals surface area contributed by atoms with E-state index in [-0.39, 0.29) is 5.82 Å². The van der Waals surface area contributed by atoms with Crippen LogP contribution in [-0.4, -0.2) is 4.98 Å². The second-order valence-corrected chi connectivity index (χ2v) is 5.43. The molecule has 0 fully saturated rings. The van der Waals surface area contributed by atoms with Gasteiger partial charge >= 0.3 is 0 Å². The van der Waals surface area contributed by atoms with Crippen molar-refractivity contribution in [3.63, 3.8) is 0 Å². The largest absolute Gasteiger partial charge is 0.398 e. The number of thioether (sulfide) groups is 1. The van der Waals surface area contributed by atoms with E-state index in [4.69, 9.17) is 5.73 Å². The summed E-state index contributed by atoms with van der Waals surface area (Å²) in [5.41, 5.74) is 7.77. The van der Waals surface area contributed by atoms with E-state index < -0.39 is 0 Å². The minimum absolute atomic E-state index is 0.249. The minimum Gasteiger partial charge on any atom is -0.398 e. The van der Waals surface area contributed by atoms with Crippen molar-refractivity contribution < 1.29 is 4.39 Å². The van der Waals surface area contributed by atoms with Crippen LogP contribution < -0.4 is 5.73 Å². The first-order chi connectivity index (χ1) is 7.66. The Bertz CT molecular complexity index is 476. The first-order valence-electron chi connectivity index (χ1n) is 4.74. The molecule has 0 amide bonds. The fourth-order valence-corrected chi connectivity index (χ4v) is 3.16. The number of nitrogen functional groups attached to an aromatic ring is 1. The summed E-state index contributed by atoms with van der Waals surface area (Å²) in [6.45, 7) is 1.94. The normalized spacial score (nSPS) is 10.6. The van der Waals surface area contributed by atoms with Gasteiger partial charge in [0, 0.05) is 28.1 Å². The maximum Gasteiger partial charge on any atom is 0.150 e. The van der Waals surface area contributed by atoms with Gasteiger partial charge in [-0.25, -0.2) is 9.37 Å². The van der Waals surface area contributed by atoms with Gasteiger partial charge in [0.2, 0.25) is 0 Å². The van der Waals surface area contributed by atoms with Crippen molar-refractivity contribution in [1.29, 1.82) is 0 Å². The molecule has 2 aromatic rings. The molecule has 0 bridgehead atoms. The van der Waals surface area contributed by atoms with E-state index in [1.54, 1.807) is 23.5 Å². The zero-order chi connectivity index (χ0) is 11.5. The van der Waals surface area contributed by atoms with Crippen LogP contribution in [0.1, 0.15) is 11.3 Å². The van der Waals surface area contributed by atoms with Gasteiger partial charge in [-0.15, -0.1) is 11.3 Å². The molecule has 5 heteroatoms. The van der Waals surface area contributed by atoms with Gasteiger partial charge in [0.1, 0.15) is 10.2 Å². The molecular weight excluding hydrogens is 243 g/mol. The summed E-state index contributed by atoms with van der Waals surface area (Å²) < 4.78 is 14.4. The maximum atomic E-state index is 13.4. The zero-order valence-corrected chi connectivity index (χ0v) is 10.4. The molecular formula is C11H11FN2S2. The number of anilines is 1. The van der Waals surface area contributed by atoms with Gasteiger partial charge in [0.15, 0.2) is 0 Å². The number of nitrogens with two attached hydrogens (primary N) is 1. The van der Waals surface area contributed by atoms with Crippen molar-refractivity contribution in [3.8, 4) is 0 Å². The third kappa shape index (κ3) is 2.54. The van der Waals surface area contributed by atoms with Gasteiger partial charge in [0.05, 0.1) is 0 Å². The molecule has 0 atom stereocenters. The average molecular weight is 254 g/mol. The molecule has 84 valence electrons. The van der Waals surface area contributed by atoms with Gasteiger partial charge < -0.3 is 5.73 Å². The maximum absolute atomic E-state index is 13.4. The number of aromatic nitrogens is 1. The monoisotopic (exact) mass is 254 g/mol. The standard InChI is InChI=1S/C11H11FN2S2/c1-7-5-15-11(14-7)16-6-8-9(12)3-2-4-10(8)13/h2-5H,6,13H2,1H3. The fraction of sp³-hybridized carbons (Fsp3) is 0.182. The number of hydrogen-bond donors (Lipinski definition) is 1. The first-order valence-corrected chi connectivity index (χ1v) is 6.61. The number of nitrogens with zero attached hydrogens (tertiary/aromatic N) is 1. The molecule has 2 nitrogen and oxygen atoms in total. The minimum atomic E-state index is -0.249. The van der Waals surface area contributed by atoms with Gasteiger partial charge in [-0.3, -0.25) is 0 Å². The van der Waals surface area contributed by atoms with Crippen molar-refractivity contribution in [2.24, 2.45) is 0 Å². The lowest BCUT2D eigenvalue weighted by atomic mass is 10.2. The average Bonchev–Trinajstić information content (AvgIpc) is 2.63. The van der Waals surface area contributed by atoms with E-state index in [0.717, 1.165) is 10.0 Å². The van der Waals surface area contributed by atoms with E-state index in [2.05, 4.69) is 4.98 Å². The summed E-state index contributed by atoms with van der Waals surface area (Å²) in [5.74, 6) is 0.270. The lowest BCUT2D eigenvalue weighted by Crippen LogP contribution is -1.95. The summed E-state index contributed by atoms with van der Waals surface area (Å²) in [6.07, 6.45) is 0. The van der Waals surface area contributed by atoms with Crippen molar-refractivity contribution in [2.75, 3.05) is 5.73 Å². The smallest absolute Gasteiger partial charge is 0.150 e. The highest BCUT2D eigenvalue weighted by atomic mass is 32.2. The van der Waals surface area contributed by atoms with Gasteiger partial charge in [-0.05, 0) is 19.1 Å². The molecule has 1 aromatic carbocycles. The summed E-state index contributed by atoms with van der Waals surface area (Å²) >= 11 is 3.08. The highest BCUT2D eigenvalue weighted by Crippen LogP contribution is 2.29. The van der Waals surface area contributed by atoms with Crippen molar-refractivity contribution in [3.05, 3.63) is 40.7 Å². The quantitative estimate of drug-likeness (QED) is 0.673. The topological polar surface area (TPSA) is 38.9 Å². The van der Waals surface area contributed by atoms with E-state index in [0.29, 0.717) is 17.0 Å². The number of thiazole rings is 1. The van der Waals surface area contributed by atoms with Crippen molar-refractivity contribution in [1.82, 2.24) is 4.98 Å². The molecule has 0 aliphatic heterocycles. The van der Waals surface area contributed by atoms with Crippen LogP contribution in [0.3, 0.4) is 0 Å². The van der Waals surface area contributed by atoms with Crippen LogP contribution in [0, 0.1) is 12.7 Å². The number of rotatable bonds is 3. The predicted octanol–water partition coefficient (Wildman–Crippen LogP) is 3.47. The van der Waals surface area contributed by atoms with Crippen LogP contribution in [0.2, 0.25) is 0 Å². The molecule has 0 aliphatic rings. The van der Waals surface area contributed by atoms with E-state index in [1.165, 1.54) is 17.8 Å². The van der Waals surface area contributed by atoms with Crippen LogP contribution >= 0.6 is 23.1 Å². The Balaban J connectivity index is 2.10. The molecule has 2 N–H and O–H groups in total. The summed E-state index contributed by atoms with van der Waals surface area (Å²) in [6, 6.07) is 4.76. The number of aryl methyl sites for hydroxylation is 1. The lowest BCUT2D eigenvalue weighted by Gasteiger charge is -2.04. The molecule has 2 rings (SSSR count). The molecule has 0 spiro atoms. The van der Waals surface area contributed by atoms with Gasteiger partial charge in [0.25, 0.3) is 0 Å². The summed E-state index contributed by atoms with van der Waals surface area (Å²) in [7, 11) is 0. The Kier molecular flexibility index (Phi) is 3.46. The Hall–Kier alpha value is -1.07. The SMILES string of the molecule is Cc1csc(SCc2c(N)cccc2F)n1. The Morgan fingerprint density at radius 3 is 2.94 bits per heavy atom. The highest BCUT2D eigenvalue weighted by molar-refractivity contribution is 8.00. The molecule has 1 aromatic heterocycles. The van der Waals surface area contributed by atoms with Gasteiger partial charge in [-0.2, -0.15) is 0 Å². The third-order valence-electron chi connectivity index (χ3n) is 2.09. The number of hydrogen-bond acceptors (Lipinski definition) is 4. The molecule has 0 unspecified atom stereocenters. The van der Waals surface area contributed by atoms with Crippen LogP contribution in [0.4, 0.5) is 10.1 Å². The molecule has 0 radical (unpaired) electrons. The second kappa shape index (κ2) is 4.84. The van der Waals surface area contributed by atoms with E-state index in [9.17, 15) is 4.39 Å². The molecule has 16 heavy (non-hydrogen) atoms. The molecule has 0 saturated heterocycles. The third-order valence-corrected chi connectivity index (χ3v) is 4.26. The van der Waals surface area contributed by atoms with Crippen LogP contribution in [0.25, 0.3) is 0 Å². The number of benzene rings is 1. The van der Waals surface area contributed by atoms with Crippen LogP contribution in [-0.2, 0) is 5.75 Å². The van der Waals surface area contributed by atoms with Crippen LogP contribution in [0.15, 0.2) is 27.9 Å². The molecule has 1 heterocycles. The first kappa shape index (κ1) is 11.4. The molecule has 0 saturated carbocycles. The Morgan fingerprint density at radius 1 is 1.50 bits per heavy atom. The highest BCUT2D eigenvalue weighted by Gasteiger charge is 2.07. The molecule has 0 aliphatic carbocycles. The Morgan fingerprint density at radius 2 is 2.31 bits per heavy atom. The number of halogens is 1. The summed E-state index contributed by atoms with van der Waals surface area (Å²) in [4.78, 5) is 4.30. The van der Waals surface area contributed by atoms with Gasteiger partial charge in [-0.1, -0.05) is 17.8 Å². The fourth-order valence-electron chi connectivity index (χ4n) is 1.26. The Labute approximate surface area is 102 Å². The second-order valence-electron chi connectivity index (χ2n) is 3.35. The van der Waals surface area contributed by atoms with Crippen LogP contribution in [0.5, 0.6) is 0 Å². The van der Waals surface area contributed by atoms with E-state index in [1.807, 2.05) is 12.3 Å². The van der Waals surface area contributed by atoms with Crippen molar-refractivity contribution in [2.45, 2.75) is 17.0 Å². The summed E-state index contributed by atoms with van der Waals surface area (Å²) in [5, 5.41) is 1.98. The van der Waals surface area contributed by atoms with Crippen molar-refractivity contribution >= 4 is 28.8 Å². The lowest BCUT2D eigenvalue weighted by molar-refractivity contribution is 0.618. The predicted molar refractivity (Wildman–Crippen MR) is 67.2 cm³/mol. The van der Waals surface area contributed by atoms with E-state index >= 15 is 0 Å².